The molecular formula is C16H19ClN2OS. The molecule has 0 radical (unpaired) electrons. The zero-order valence-electron chi connectivity index (χ0n) is 11.7. The Morgan fingerprint density at radius 3 is 2.71 bits per heavy atom. The van der Waals surface area contributed by atoms with Crippen LogP contribution in [-0.2, 0) is 0 Å². The van der Waals surface area contributed by atoms with Gasteiger partial charge in [0.05, 0.1) is 4.88 Å². The average Bonchev–Trinajstić information content (AvgIpc) is 3.16. The van der Waals surface area contributed by atoms with Crippen molar-refractivity contribution in [2.45, 2.75) is 6.42 Å². The standard InChI is InChI=1S/C16H18N2OS.ClH/c17-10-12-6-8-18(11-12)16(19)15-14(7-9-20-15)13-4-2-1-3-5-13;/h1-5,7,9,12H,6,8,10-11,17H2;1H. The smallest absolute Gasteiger partial charge is 0.264 e. The first-order valence-electron chi connectivity index (χ1n) is 6.92. The molecule has 0 saturated carbocycles. The Morgan fingerprint density at radius 2 is 2.05 bits per heavy atom. The first kappa shape index (κ1) is 16.0. The van der Waals surface area contributed by atoms with Gasteiger partial charge in [-0.25, -0.2) is 0 Å². The van der Waals surface area contributed by atoms with Gasteiger partial charge in [-0.05, 0) is 35.9 Å². The lowest BCUT2D eigenvalue weighted by Crippen LogP contribution is -2.29. The highest BCUT2D eigenvalue weighted by molar-refractivity contribution is 7.12. The summed E-state index contributed by atoms with van der Waals surface area (Å²) in [7, 11) is 0. The number of nitrogens with zero attached hydrogens (tertiary/aromatic N) is 1. The summed E-state index contributed by atoms with van der Waals surface area (Å²) in [6.07, 6.45) is 1.02. The molecule has 21 heavy (non-hydrogen) atoms. The molecule has 1 unspecified atom stereocenters. The van der Waals surface area contributed by atoms with Crippen LogP contribution < -0.4 is 5.73 Å². The van der Waals surface area contributed by atoms with Crippen LogP contribution >= 0.6 is 23.7 Å². The van der Waals surface area contributed by atoms with E-state index < -0.39 is 0 Å². The van der Waals surface area contributed by atoms with Crippen molar-refractivity contribution < 1.29 is 4.79 Å². The van der Waals surface area contributed by atoms with E-state index in [1.807, 2.05) is 46.7 Å². The summed E-state index contributed by atoms with van der Waals surface area (Å²) >= 11 is 1.53. The molecule has 1 aliphatic heterocycles. The SMILES string of the molecule is Cl.NCC1CCN(C(=O)c2sccc2-c2ccccc2)C1. The van der Waals surface area contributed by atoms with Gasteiger partial charge in [0.15, 0.2) is 0 Å². The second-order valence-electron chi connectivity index (χ2n) is 5.17. The highest BCUT2D eigenvalue weighted by Gasteiger charge is 2.28. The van der Waals surface area contributed by atoms with Crippen LogP contribution in [0, 0.1) is 5.92 Å². The summed E-state index contributed by atoms with van der Waals surface area (Å²) in [5.74, 6) is 0.605. The molecule has 1 atom stereocenters. The fraction of sp³-hybridized carbons (Fsp3) is 0.312. The van der Waals surface area contributed by atoms with Crippen LogP contribution in [0.2, 0.25) is 0 Å². The van der Waals surface area contributed by atoms with Gasteiger partial charge < -0.3 is 10.6 Å². The molecule has 112 valence electrons. The van der Waals surface area contributed by atoms with E-state index in [1.165, 1.54) is 11.3 Å². The van der Waals surface area contributed by atoms with Crippen molar-refractivity contribution in [3.63, 3.8) is 0 Å². The van der Waals surface area contributed by atoms with Crippen LogP contribution in [0.25, 0.3) is 11.1 Å². The van der Waals surface area contributed by atoms with Crippen molar-refractivity contribution in [1.29, 1.82) is 0 Å². The van der Waals surface area contributed by atoms with Crippen molar-refractivity contribution in [2.24, 2.45) is 11.7 Å². The molecule has 0 bridgehead atoms. The first-order chi connectivity index (χ1) is 9.79. The topological polar surface area (TPSA) is 46.3 Å². The third-order valence-corrected chi connectivity index (χ3v) is 4.75. The zero-order valence-corrected chi connectivity index (χ0v) is 13.3. The third kappa shape index (κ3) is 3.28. The number of carbonyl (C=O) groups is 1. The van der Waals surface area contributed by atoms with Crippen LogP contribution in [0.3, 0.4) is 0 Å². The molecule has 5 heteroatoms. The number of hydrogen-bond donors (Lipinski definition) is 1. The van der Waals surface area contributed by atoms with E-state index in [1.54, 1.807) is 0 Å². The molecule has 2 heterocycles. The number of carbonyl (C=O) groups excluding carboxylic acids is 1. The number of benzene rings is 1. The van der Waals surface area contributed by atoms with E-state index in [2.05, 4.69) is 0 Å². The monoisotopic (exact) mass is 322 g/mol. The number of amides is 1. The maximum absolute atomic E-state index is 12.7. The third-order valence-electron chi connectivity index (χ3n) is 3.85. The largest absolute Gasteiger partial charge is 0.338 e. The van der Waals surface area contributed by atoms with E-state index in [4.69, 9.17) is 5.73 Å². The Hall–Kier alpha value is -1.36. The Morgan fingerprint density at radius 1 is 1.29 bits per heavy atom. The van der Waals surface area contributed by atoms with Gasteiger partial charge in [-0.3, -0.25) is 4.79 Å². The van der Waals surface area contributed by atoms with E-state index in [0.29, 0.717) is 12.5 Å². The van der Waals surface area contributed by atoms with E-state index >= 15 is 0 Å². The van der Waals surface area contributed by atoms with Crippen LogP contribution in [0.4, 0.5) is 0 Å². The fourth-order valence-electron chi connectivity index (χ4n) is 2.67. The van der Waals surface area contributed by atoms with Gasteiger partial charge in [-0.2, -0.15) is 0 Å². The Balaban J connectivity index is 0.00000161. The quantitative estimate of drug-likeness (QED) is 0.942. The molecule has 0 spiro atoms. The summed E-state index contributed by atoms with van der Waals surface area (Å²) < 4.78 is 0. The van der Waals surface area contributed by atoms with E-state index in [-0.39, 0.29) is 18.3 Å². The number of halogens is 1. The number of nitrogens with two attached hydrogens (primary N) is 1. The Kier molecular flexibility index (Phi) is 5.39. The number of likely N-dealkylation sites (tertiary alicyclic amines) is 1. The molecule has 3 rings (SSSR count). The maximum atomic E-state index is 12.7. The normalized spacial score (nSPS) is 17.6. The minimum Gasteiger partial charge on any atom is -0.338 e. The van der Waals surface area contributed by atoms with Crippen molar-refractivity contribution in [2.75, 3.05) is 19.6 Å². The second-order valence-corrected chi connectivity index (χ2v) is 6.09. The second kappa shape index (κ2) is 7.07. The summed E-state index contributed by atoms with van der Waals surface area (Å²) in [6.45, 7) is 2.29. The van der Waals surface area contributed by atoms with Gasteiger partial charge >= 0.3 is 0 Å². The molecule has 2 aromatic rings. The molecule has 2 N–H and O–H groups in total. The molecule has 1 amide bonds. The van der Waals surface area contributed by atoms with Gasteiger partial charge in [0, 0.05) is 18.7 Å². The van der Waals surface area contributed by atoms with Gasteiger partial charge in [0.25, 0.3) is 5.91 Å². The predicted molar refractivity (Wildman–Crippen MR) is 90.1 cm³/mol. The fourth-order valence-corrected chi connectivity index (χ4v) is 3.56. The lowest BCUT2D eigenvalue weighted by molar-refractivity contribution is 0.0793. The zero-order chi connectivity index (χ0) is 13.9. The Labute approximate surface area is 135 Å². The summed E-state index contributed by atoms with van der Waals surface area (Å²) in [5, 5.41) is 1.99. The van der Waals surface area contributed by atoms with Crippen molar-refractivity contribution >= 4 is 29.7 Å². The number of rotatable bonds is 3. The molecule has 1 aromatic heterocycles. The molecular weight excluding hydrogens is 304 g/mol. The summed E-state index contributed by atoms with van der Waals surface area (Å²) in [5.41, 5.74) is 7.84. The lowest BCUT2D eigenvalue weighted by atomic mass is 10.1. The van der Waals surface area contributed by atoms with Crippen molar-refractivity contribution in [1.82, 2.24) is 4.90 Å². The minimum atomic E-state index is 0. The van der Waals surface area contributed by atoms with Crippen LogP contribution in [0.1, 0.15) is 16.1 Å². The average molecular weight is 323 g/mol. The highest BCUT2D eigenvalue weighted by Crippen LogP contribution is 2.30. The predicted octanol–water partition coefficient (Wildman–Crippen LogP) is 3.26. The van der Waals surface area contributed by atoms with Crippen molar-refractivity contribution in [3.05, 3.63) is 46.7 Å². The van der Waals surface area contributed by atoms with Gasteiger partial charge in [-0.15, -0.1) is 23.7 Å². The maximum Gasteiger partial charge on any atom is 0.264 e. The molecule has 1 aromatic carbocycles. The highest BCUT2D eigenvalue weighted by atomic mass is 35.5. The molecule has 1 aliphatic rings. The van der Waals surface area contributed by atoms with Gasteiger partial charge in [0.1, 0.15) is 0 Å². The van der Waals surface area contributed by atoms with Crippen LogP contribution in [-0.4, -0.2) is 30.4 Å². The van der Waals surface area contributed by atoms with E-state index in [9.17, 15) is 4.79 Å². The van der Waals surface area contributed by atoms with Crippen molar-refractivity contribution in [3.8, 4) is 11.1 Å². The van der Waals surface area contributed by atoms with Crippen LogP contribution in [0.5, 0.6) is 0 Å². The lowest BCUT2D eigenvalue weighted by Gasteiger charge is -2.16. The molecule has 1 fully saturated rings. The van der Waals surface area contributed by atoms with Crippen LogP contribution in [0.15, 0.2) is 41.8 Å². The number of hydrogen-bond acceptors (Lipinski definition) is 3. The molecule has 1 saturated heterocycles. The minimum absolute atomic E-state index is 0. The number of thiophene rings is 1. The summed E-state index contributed by atoms with van der Waals surface area (Å²) in [4.78, 5) is 15.4. The molecule has 0 aliphatic carbocycles. The van der Waals surface area contributed by atoms with Gasteiger partial charge in [0.2, 0.25) is 0 Å². The van der Waals surface area contributed by atoms with Gasteiger partial charge in [-0.1, -0.05) is 30.3 Å². The summed E-state index contributed by atoms with van der Waals surface area (Å²) in [6, 6.07) is 12.1. The van der Waals surface area contributed by atoms with E-state index in [0.717, 1.165) is 35.5 Å². The molecule has 3 nitrogen and oxygen atoms in total. The Bertz CT molecular complexity index is 599. The first-order valence-corrected chi connectivity index (χ1v) is 7.80.